The number of hydrogen-bond acceptors (Lipinski definition) is 1. The molecule has 4 rings (SSSR count). The monoisotopic (exact) mass is 302 g/mol. The Morgan fingerprint density at radius 1 is 1.00 bits per heavy atom. The molecule has 3 aromatic rings. The molecule has 0 unspecified atom stereocenters. The quantitative estimate of drug-likeness (QED) is 0.480. The number of anilines is 1. The highest BCUT2D eigenvalue weighted by Crippen LogP contribution is 2.31. The highest BCUT2D eigenvalue weighted by Gasteiger charge is 2.11. The Morgan fingerprint density at radius 2 is 1.83 bits per heavy atom. The molecule has 1 aliphatic rings. The van der Waals surface area contributed by atoms with Crippen LogP contribution in [-0.2, 0) is 6.42 Å². The highest BCUT2D eigenvalue weighted by molar-refractivity contribution is 5.89. The maximum Gasteiger partial charge on any atom is 0.166 e. The van der Waals surface area contributed by atoms with Crippen LogP contribution in [-0.4, -0.2) is 0 Å². The second kappa shape index (κ2) is 5.30. The van der Waals surface area contributed by atoms with Crippen molar-refractivity contribution in [3.8, 4) is 11.1 Å². The topological polar surface area (TPSA) is 30.4 Å². The molecule has 110 valence electrons. The van der Waals surface area contributed by atoms with E-state index < -0.39 is 0 Å². The minimum Gasteiger partial charge on any atom is -0.399 e. The van der Waals surface area contributed by atoms with Crippen LogP contribution in [0.4, 0.5) is 5.69 Å². The molecule has 2 heteroatoms. The average Bonchev–Trinajstić information content (AvgIpc) is 2.72. The lowest BCUT2D eigenvalue weighted by atomic mass is 9.91. The molecule has 0 saturated carbocycles. The third-order valence-electron chi connectivity index (χ3n) is 3.94. The van der Waals surface area contributed by atoms with E-state index in [-0.39, 0.29) is 58.3 Å². The van der Waals surface area contributed by atoms with Crippen LogP contribution in [0.2, 0.25) is 0 Å². The van der Waals surface area contributed by atoms with Crippen molar-refractivity contribution in [1.29, 1.82) is 0 Å². The summed E-state index contributed by atoms with van der Waals surface area (Å²) in [4.78, 5) is 3.49. The van der Waals surface area contributed by atoms with Gasteiger partial charge in [0.2, 0.25) is 0 Å². The van der Waals surface area contributed by atoms with E-state index in [2.05, 4.69) is 4.85 Å². The zero-order valence-corrected chi connectivity index (χ0v) is 12.2. The number of allylic oxidation sites excluding steroid dienone is 1. The van der Waals surface area contributed by atoms with E-state index >= 15 is 0 Å². The van der Waals surface area contributed by atoms with Gasteiger partial charge in [-0.05, 0) is 64.0 Å². The van der Waals surface area contributed by atoms with Crippen molar-refractivity contribution < 1.29 is 8.22 Å². The molecule has 1 aliphatic carbocycles. The second-order valence-corrected chi connectivity index (χ2v) is 5.45. The Kier molecular flexibility index (Phi) is 1.97. The van der Waals surface area contributed by atoms with Crippen molar-refractivity contribution in [3.63, 3.8) is 0 Å². The van der Waals surface area contributed by atoms with E-state index in [1.165, 1.54) is 0 Å². The molecule has 0 heterocycles. The van der Waals surface area contributed by atoms with Gasteiger partial charge in [0, 0.05) is 5.69 Å². The van der Waals surface area contributed by atoms with Crippen LogP contribution in [0.15, 0.2) is 60.2 Å². The van der Waals surface area contributed by atoms with E-state index in [1.54, 1.807) is 6.07 Å². The molecule has 0 bridgehead atoms. The molecule has 0 fully saturated rings. The second-order valence-electron chi connectivity index (χ2n) is 5.45. The summed E-state index contributed by atoms with van der Waals surface area (Å²) in [5, 5.41) is -0.0389. The lowest BCUT2D eigenvalue weighted by Gasteiger charge is -2.14. The third kappa shape index (κ3) is 2.47. The van der Waals surface area contributed by atoms with Gasteiger partial charge in [0.1, 0.15) is 0 Å². The maximum atomic E-state index is 8.64. The first-order chi connectivity index (χ1) is 13.8. The highest BCUT2D eigenvalue weighted by atomic mass is 14.7. The Morgan fingerprint density at radius 3 is 2.70 bits per heavy atom. The summed E-state index contributed by atoms with van der Waals surface area (Å²) < 4.78 is 49.8. The number of nitrogens with two attached hydrogens (primary N) is 1. The van der Waals surface area contributed by atoms with Crippen LogP contribution in [0.3, 0.4) is 0 Å². The summed E-state index contributed by atoms with van der Waals surface area (Å²) in [6.07, 6.45) is 3.13. The third-order valence-corrected chi connectivity index (χ3v) is 3.94. The smallest absolute Gasteiger partial charge is 0.166 e. The Hall–Kier alpha value is -3.05. The Bertz CT molecular complexity index is 1290. The summed E-state index contributed by atoms with van der Waals surface area (Å²) in [7, 11) is 0. The number of benzene rings is 3. The van der Waals surface area contributed by atoms with Crippen LogP contribution < -0.4 is 5.73 Å². The number of hydrogen-bond donors (Lipinski definition) is 1. The fourth-order valence-corrected chi connectivity index (χ4v) is 2.75. The predicted octanol–water partition coefficient (Wildman–Crippen LogP) is 5.30. The molecule has 0 atom stereocenters. The minimum atomic E-state index is -0.346. The number of fused-ring (bicyclic) bond motifs is 2. The van der Waals surface area contributed by atoms with Crippen molar-refractivity contribution in [1.82, 2.24) is 0 Å². The van der Waals surface area contributed by atoms with Gasteiger partial charge in [-0.2, -0.15) is 0 Å². The fraction of sp³-hybridized carbons (Fsp3) is 0.0952. The Labute approximate surface area is 144 Å². The number of nitrogen functional groups attached to an aromatic ring is 1. The lowest BCUT2D eigenvalue weighted by molar-refractivity contribution is 0.949. The predicted molar refractivity (Wildman–Crippen MR) is 96.7 cm³/mol. The van der Waals surface area contributed by atoms with Gasteiger partial charge in [-0.15, -0.1) is 0 Å². The van der Waals surface area contributed by atoms with Crippen molar-refractivity contribution in [2.75, 3.05) is 5.73 Å². The zero-order chi connectivity index (χ0) is 21.0. The summed E-state index contributed by atoms with van der Waals surface area (Å²) in [5.41, 5.74) is 8.89. The first kappa shape index (κ1) is 8.55. The largest absolute Gasteiger partial charge is 0.399 e. The van der Waals surface area contributed by atoms with Gasteiger partial charge in [-0.1, -0.05) is 42.4 Å². The summed E-state index contributed by atoms with van der Waals surface area (Å²) in [6.45, 7) is 7.17. The van der Waals surface area contributed by atoms with E-state index in [0.29, 0.717) is 24.1 Å². The summed E-state index contributed by atoms with van der Waals surface area (Å²) >= 11 is 0. The van der Waals surface area contributed by atoms with Crippen molar-refractivity contribution in [2.45, 2.75) is 12.8 Å². The number of nitrogens with zero attached hydrogens (tertiary/aromatic N) is 1. The first-order valence-electron chi connectivity index (χ1n) is 10.3. The first-order valence-corrected chi connectivity index (χ1v) is 7.26. The minimum absolute atomic E-state index is 0.00175. The van der Waals surface area contributed by atoms with Gasteiger partial charge in [0.25, 0.3) is 0 Å². The molecule has 2 N–H and O–H groups in total. The van der Waals surface area contributed by atoms with Crippen molar-refractivity contribution in [2.24, 2.45) is 0 Å². The molecular formula is C21H16N2. The van der Waals surface area contributed by atoms with Crippen LogP contribution in [0.1, 0.15) is 25.8 Å². The van der Waals surface area contributed by atoms with E-state index in [4.69, 9.17) is 20.5 Å². The molecule has 3 aromatic carbocycles. The van der Waals surface area contributed by atoms with Crippen molar-refractivity contribution >= 4 is 22.5 Å². The lowest BCUT2D eigenvalue weighted by Crippen LogP contribution is -1.97. The van der Waals surface area contributed by atoms with E-state index in [0.717, 1.165) is 11.1 Å². The van der Waals surface area contributed by atoms with E-state index in [1.807, 2.05) is 18.2 Å². The molecule has 0 saturated heterocycles. The molecular weight excluding hydrogens is 280 g/mol. The fourth-order valence-electron chi connectivity index (χ4n) is 2.75. The normalized spacial score (nSPS) is 16.9. The Balaban J connectivity index is 2.04. The van der Waals surface area contributed by atoms with Gasteiger partial charge >= 0.3 is 0 Å². The van der Waals surface area contributed by atoms with Crippen LogP contribution in [0, 0.1) is 6.57 Å². The molecule has 23 heavy (non-hydrogen) atoms. The molecule has 0 amide bonds. The molecule has 0 spiro atoms. The van der Waals surface area contributed by atoms with E-state index in [9.17, 15) is 0 Å². The standard InChI is InChI=1S/C21H16N2/c1-23-21-9-7-17-11-15(3-5-19(17)13-21)14-2-4-18-12-20(22)8-6-16(18)10-14/h2-6,8,10-13H,7,9,22H2/i2D,4D,6D,8D,10D,12D. The van der Waals surface area contributed by atoms with Crippen LogP contribution in [0.5, 0.6) is 0 Å². The SMILES string of the molecule is [2H]c1c(-c2ccc3c(c2)CCC([N+]#[C-])=C3)c([2H])c2c([2H])c([2H])c(N)c([2H])c2c1[2H]. The van der Waals surface area contributed by atoms with Gasteiger partial charge in [0.05, 0.1) is 14.8 Å². The van der Waals surface area contributed by atoms with Gasteiger partial charge in [0.15, 0.2) is 5.70 Å². The summed E-state index contributed by atoms with van der Waals surface area (Å²) in [5.74, 6) is 0. The van der Waals surface area contributed by atoms with Crippen LogP contribution >= 0.6 is 0 Å². The van der Waals surface area contributed by atoms with Gasteiger partial charge in [-0.3, -0.25) is 0 Å². The zero-order valence-electron chi connectivity index (χ0n) is 18.2. The molecule has 0 aliphatic heterocycles. The van der Waals surface area contributed by atoms with Gasteiger partial charge in [-0.25, -0.2) is 4.85 Å². The van der Waals surface area contributed by atoms with Crippen LogP contribution in [0.25, 0.3) is 32.8 Å². The molecule has 2 nitrogen and oxygen atoms in total. The summed E-state index contributed by atoms with van der Waals surface area (Å²) in [6, 6.07) is 3.85. The van der Waals surface area contributed by atoms with Gasteiger partial charge < -0.3 is 5.73 Å². The molecule has 0 aromatic heterocycles. The van der Waals surface area contributed by atoms with Crippen molar-refractivity contribution in [3.05, 3.63) is 82.7 Å². The number of aryl methyl sites for hydroxylation is 1. The maximum absolute atomic E-state index is 8.64. The number of rotatable bonds is 1. The molecule has 0 radical (unpaired) electrons. The average molecular weight is 302 g/mol.